The van der Waals surface area contributed by atoms with Crippen molar-refractivity contribution in [1.29, 1.82) is 0 Å². The van der Waals surface area contributed by atoms with E-state index in [9.17, 15) is 4.79 Å². The Kier molecular flexibility index (Phi) is 3.75. The fourth-order valence-electron chi connectivity index (χ4n) is 1.55. The molecule has 0 aromatic carbocycles. The maximum atomic E-state index is 11.7. The zero-order valence-corrected chi connectivity index (χ0v) is 12.2. The molecule has 0 unspecified atom stereocenters. The molecular formula is C12H16N4O2S. The summed E-state index contributed by atoms with van der Waals surface area (Å²) in [6.07, 6.45) is 3.17. The number of carbonyl (C=O) groups excluding carboxylic acids is 1. The molecule has 0 atom stereocenters. The van der Waals surface area contributed by atoms with Gasteiger partial charge in [-0.3, -0.25) is 9.48 Å². The highest BCUT2D eigenvalue weighted by Gasteiger charge is 2.17. The summed E-state index contributed by atoms with van der Waals surface area (Å²) in [5.74, 6) is -0.0358. The minimum atomic E-state index is -0.465. The molecule has 0 saturated carbocycles. The van der Waals surface area contributed by atoms with Crippen LogP contribution in [0.25, 0.3) is 11.0 Å². The predicted molar refractivity (Wildman–Crippen MR) is 72.9 cm³/mol. The standard InChI is InChI=1S/C12H16N4O2S/c1-12(2,3)18-9(17)6-19-11-8-5-15-16(4)10(8)13-7-14-11/h5,7H,6H2,1-4H3. The van der Waals surface area contributed by atoms with Crippen molar-refractivity contribution in [3.63, 3.8) is 0 Å². The van der Waals surface area contributed by atoms with Crippen molar-refractivity contribution in [3.8, 4) is 0 Å². The van der Waals surface area contributed by atoms with E-state index in [0.29, 0.717) is 0 Å². The number of rotatable bonds is 3. The van der Waals surface area contributed by atoms with Crippen LogP contribution < -0.4 is 0 Å². The van der Waals surface area contributed by atoms with Gasteiger partial charge < -0.3 is 4.74 Å². The first kappa shape index (κ1) is 13.8. The van der Waals surface area contributed by atoms with E-state index in [1.165, 1.54) is 18.1 Å². The molecule has 0 radical (unpaired) electrons. The molecule has 0 bridgehead atoms. The number of hydrogen-bond acceptors (Lipinski definition) is 6. The molecule has 6 nitrogen and oxygen atoms in total. The van der Waals surface area contributed by atoms with E-state index >= 15 is 0 Å². The summed E-state index contributed by atoms with van der Waals surface area (Å²) in [7, 11) is 1.82. The summed E-state index contributed by atoms with van der Waals surface area (Å²) in [6, 6.07) is 0. The van der Waals surface area contributed by atoms with Crippen LogP contribution in [0.2, 0.25) is 0 Å². The predicted octanol–water partition coefficient (Wildman–Crippen LogP) is 1.80. The molecule has 0 aliphatic carbocycles. The second kappa shape index (κ2) is 5.16. The number of fused-ring (bicyclic) bond motifs is 1. The van der Waals surface area contributed by atoms with Gasteiger partial charge in [-0.2, -0.15) is 5.10 Å². The van der Waals surface area contributed by atoms with Crippen LogP contribution in [0.15, 0.2) is 17.6 Å². The first-order valence-electron chi connectivity index (χ1n) is 5.84. The van der Waals surface area contributed by atoms with Gasteiger partial charge in [-0.05, 0) is 20.8 Å². The van der Waals surface area contributed by atoms with Gasteiger partial charge in [0.1, 0.15) is 17.0 Å². The Hall–Kier alpha value is -1.63. The molecule has 19 heavy (non-hydrogen) atoms. The molecule has 7 heteroatoms. The molecule has 0 aliphatic heterocycles. The van der Waals surface area contributed by atoms with Crippen molar-refractivity contribution in [1.82, 2.24) is 19.7 Å². The molecule has 0 amide bonds. The number of ether oxygens (including phenoxy) is 1. The molecule has 102 valence electrons. The van der Waals surface area contributed by atoms with Crippen molar-refractivity contribution in [3.05, 3.63) is 12.5 Å². The maximum absolute atomic E-state index is 11.7. The second-order valence-corrected chi connectivity index (χ2v) is 6.02. The topological polar surface area (TPSA) is 69.9 Å². The summed E-state index contributed by atoms with van der Waals surface area (Å²) >= 11 is 1.33. The van der Waals surface area contributed by atoms with Crippen LogP contribution in [0, 0.1) is 0 Å². The Bertz CT molecular complexity index is 603. The molecule has 2 heterocycles. The molecular weight excluding hydrogens is 264 g/mol. The number of esters is 1. The highest BCUT2D eigenvalue weighted by molar-refractivity contribution is 8.00. The second-order valence-electron chi connectivity index (χ2n) is 5.06. The summed E-state index contributed by atoms with van der Waals surface area (Å²) in [4.78, 5) is 20.0. The van der Waals surface area contributed by atoms with Crippen LogP contribution >= 0.6 is 11.8 Å². The third-order valence-corrected chi connectivity index (χ3v) is 3.22. The Morgan fingerprint density at radius 2 is 2.16 bits per heavy atom. The molecule has 0 saturated heterocycles. The fraction of sp³-hybridized carbons (Fsp3) is 0.500. The van der Waals surface area contributed by atoms with Gasteiger partial charge in [-0.1, -0.05) is 11.8 Å². The van der Waals surface area contributed by atoms with Crippen molar-refractivity contribution in [2.45, 2.75) is 31.4 Å². The molecule has 0 fully saturated rings. The number of aromatic nitrogens is 4. The molecule has 0 aliphatic rings. The zero-order valence-electron chi connectivity index (χ0n) is 11.4. The van der Waals surface area contributed by atoms with Gasteiger partial charge in [0.15, 0.2) is 5.65 Å². The van der Waals surface area contributed by atoms with Crippen LogP contribution in [0.4, 0.5) is 0 Å². The van der Waals surface area contributed by atoms with E-state index in [1.54, 1.807) is 10.9 Å². The van der Waals surface area contributed by atoms with E-state index in [1.807, 2.05) is 27.8 Å². The third kappa shape index (κ3) is 3.44. The van der Waals surface area contributed by atoms with Crippen molar-refractivity contribution in [2.24, 2.45) is 7.05 Å². The van der Waals surface area contributed by atoms with Gasteiger partial charge in [0.2, 0.25) is 0 Å². The van der Waals surface area contributed by atoms with Crippen LogP contribution in [-0.2, 0) is 16.6 Å². The summed E-state index contributed by atoms with van der Waals surface area (Å²) < 4.78 is 6.93. The van der Waals surface area contributed by atoms with E-state index in [2.05, 4.69) is 15.1 Å². The number of carbonyl (C=O) groups is 1. The average molecular weight is 280 g/mol. The molecule has 0 N–H and O–H groups in total. The lowest BCUT2D eigenvalue weighted by Gasteiger charge is -2.19. The van der Waals surface area contributed by atoms with Crippen LogP contribution in [0.1, 0.15) is 20.8 Å². The molecule has 2 aromatic heterocycles. The molecule has 0 spiro atoms. The van der Waals surface area contributed by atoms with Crippen molar-refractivity contribution < 1.29 is 9.53 Å². The number of thioether (sulfide) groups is 1. The minimum absolute atomic E-state index is 0.221. The first-order valence-corrected chi connectivity index (χ1v) is 6.83. The number of hydrogen-bond donors (Lipinski definition) is 0. The smallest absolute Gasteiger partial charge is 0.316 e. The van der Waals surface area contributed by atoms with Gasteiger partial charge in [0.25, 0.3) is 0 Å². The zero-order chi connectivity index (χ0) is 14.0. The summed E-state index contributed by atoms with van der Waals surface area (Å²) in [5.41, 5.74) is 0.286. The van der Waals surface area contributed by atoms with Gasteiger partial charge in [0, 0.05) is 7.05 Å². The monoisotopic (exact) mass is 280 g/mol. The SMILES string of the molecule is Cn1ncc2c(SCC(=O)OC(C)(C)C)ncnc21. The van der Waals surface area contributed by atoms with Gasteiger partial charge in [0.05, 0.1) is 17.3 Å². The Morgan fingerprint density at radius 1 is 1.42 bits per heavy atom. The lowest BCUT2D eigenvalue weighted by molar-refractivity contribution is -0.151. The first-order chi connectivity index (χ1) is 8.87. The largest absolute Gasteiger partial charge is 0.459 e. The van der Waals surface area contributed by atoms with E-state index in [4.69, 9.17) is 4.74 Å². The third-order valence-electron chi connectivity index (χ3n) is 2.24. The number of aryl methyl sites for hydroxylation is 1. The minimum Gasteiger partial charge on any atom is -0.459 e. The normalized spacial score (nSPS) is 11.8. The fourth-order valence-corrected chi connectivity index (χ4v) is 2.29. The quantitative estimate of drug-likeness (QED) is 0.485. The Labute approximate surface area is 115 Å². The van der Waals surface area contributed by atoms with Crippen LogP contribution in [0.3, 0.4) is 0 Å². The highest BCUT2D eigenvalue weighted by Crippen LogP contribution is 2.24. The summed E-state index contributed by atoms with van der Waals surface area (Å²) in [5, 5.41) is 5.71. The average Bonchev–Trinajstić information content (AvgIpc) is 2.67. The lowest BCUT2D eigenvalue weighted by Crippen LogP contribution is -2.24. The van der Waals surface area contributed by atoms with E-state index in [-0.39, 0.29) is 11.7 Å². The van der Waals surface area contributed by atoms with Gasteiger partial charge in [-0.15, -0.1) is 0 Å². The van der Waals surface area contributed by atoms with Gasteiger partial charge >= 0.3 is 5.97 Å². The molecule has 2 aromatic rings. The van der Waals surface area contributed by atoms with E-state index < -0.39 is 5.60 Å². The van der Waals surface area contributed by atoms with E-state index in [0.717, 1.165) is 16.1 Å². The Morgan fingerprint density at radius 3 is 2.84 bits per heavy atom. The highest BCUT2D eigenvalue weighted by atomic mass is 32.2. The van der Waals surface area contributed by atoms with Crippen LogP contribution in [-0.4, -0.2) is 37.1 Å². The van der Waals surface area contributed by atoms with Crippen molar-refractivity contribution in [2.75, 3.05) is 5.75 Å². The molecule has 2 rings (SSSR count). The maximum Gasteiger partial charge on any atom is 0.316 e. The lowest BCUT2D eigenvalue weighted by atomic mass is 10.2. The van der Waals surface area contributed by atoms with Crippen molar-refractivity contribution >= 4 is 28.8 Å². The van der Waals surface area contributed by atoms with Gasteiger partial charge in [-0.25, -0.2) is 9.97 Å². The van der Waals surface area contributed by atoms with Crippen LogP contribution in [0.5, 0.6) is 0 Å². The number of nitrogens with zero attached hydrogens (tertiary/aromatic N) is 4. The Balaban J connectivity index is 2.08. The summed E-state index contributed by atoms with van der Waals surface area (Å²) in [6.45, 7) is 5.54.